The summed E-state index contributed by atoms with van der Waals surface area (Å²) in [6.07, 6.45) is 10.1. The number of allylic oxidation sites excluding steroid dienone is 6. The molecule has 0 unspecified atom stereocenters. The molecule has 22 heteroatoms. The quantitative estimate of drug-likeness (QED) is 0.0507. The Labute approximate surface area is 375 Å². The molecule has 1 aromatic heterocycles. The molecule has 0 atom stereocenters. The van der Waals surface area contributed by atoms with Gasteiger partial charge in [0.25, 0.3) is 5.91 Å². The molecular weight excluding hydrogens is 980 g/mol. The fourth-order valence-electron chi connectivity index (χ4n) is 4.30. The first-order valence-corrected chi connectivity index (χ1v) is 19.3. The van der Waals surface area contributed by atoms with Crippen molar-refractivity contribution in [2.75, 3.05) is 18.2 Å². The Kier molecular flexibility index (Phi) is 17.8. The second-order valence-corrected chi connectivity index (χ2v) is 14.9. The van der Waals surface area contributed by atoms with E-state index in [2.05, 4.69) is 10.2 Å². The number of benzene rings is 2. The van der Waals surface area contributed by atoms with Crippen molar-refractivity contribution < 1.29 is 114 Å². The molecule has 1 aliphatic rings. The second-order valence-electron chi connectivity index (χ2n) is 9.85. The number of ether oxygens (including phenoxy) is 2. The number of hydrogen-bond acceptors (Lipinski definition) is 14. The van der Waals surface area contributed by atoms with E-state index >= 15 is 0 Å². The average molecular weight is 1000 g/mol. The van der Waals surface area contributed by atoms with Crippen molar-refractivity contribution in [1.82, 2.24) is 9.78 Å². The number of hydrogen-bond donors (Lipinski definition) is 1. The molecule has 0 saturated carbocycles. The van der Waals surface area contributed by atoms with E-state index in [1.807, 2.05) is 0 Å². The first-order chi connectivity index (χ1) is 24.0. The maximum Gasteiger partial charge on any atom is 1.00 e. The molecule has 0 fully saturated rings. The zero-order valence-electron chi connectivity index (χ0n) is 28.2. The minimum Gasteiger partial charge on any atom is -0.744 e. The van der Waals surface area contributed by atoms with Crippen LogP contribution in [0.3, 0.4) is 0 Å². The SMILES string of the molecule is CCOC(=O)C1=NN(c2ccc(S(=O)(=O)[O-])cc2[125I])C(=O)\C1=C/C=C/C=C/C=C/c1c(C(=O)OCC)nn(-c2ccc(S(=O)(=O)[O-])cc2[125I])c1O.[Na+].[Na+]. The summed E-state index contributed by atoms with van der Waals surface area (Å²) in [5.74, 6) is -2.92. The van der Waals surface area contributed by atoms with E-state index in [0.29, 0.717) is 0 Å². The van der Waals surface area contributed by atoms with Crippen molar-refractivity contribution in [3.8, 4) is 11.6 Å². The first kappa shape index (κ1) is 46.9. The van der Waals surface area contributed by atoms with Crippen LogP contribution in [0.25, 0.3) is 11.8 Å². The zero-order valence-corrected chi connectivity index (χ0v) is 38.2. The number of rotatable bonds is 12. The van der Waals surface area contributed by atoms with Crippen molar-refractivity contribution in [2.24, 2.45) is 5.10 Å². The molecule has 3 aromatic rings. The van der Waals surface area contributed by atoms with Gasteiger partial charge in [0.05, 0.1) is 45.5 Å². The van der Waals surface area contributed by atoms with Gasteiger partial charge < -0.3 is 23.7 Å². The third kappa shape index (κ3) is 11.4. The fraction of sp³-hybridized carbons (Fsp3) is 0.129. The molecule has 268 valence electrons. The van der Waals surface area contributed by atoms with E-state index in [1.54, 1.807) is 59.0 Å². The van der Waals surface area contributed by atoms with Crippen molar-refractivity contribution in [3.05, 3.63) is 96.8 Å². The average Bonchev–Trinajstić information content (AvgIpc) is 3.55. The Morgan fingerprint density at radius 2 is 1.34 bits per heavy atom. The smallest absolute Gasteiger partial charge is 0.744 e. The maximum absolute atomic E-state index is 13.3. The molecule has 53 heavy (non-hydrogen) atoms. The summed E-state index contributed by atoms with van der Waals surface area (Å²) in [6, 6.07) is 6.72. The van der Waals surface area contributed by atoms with Crippen LogP contribution in [-0.4, -0.2) is 77.6 Å². The van der Waals surface area contributed by atoms with Gasteiger partial charge in [0.2, 0.25) is 5.88 Å². The number of carbonyl (C=O) groups excluding carboxylic acids is 3. The van der Waals surface area contributed by atoms with Crippen LogP contribution in [0.2, 0.25) is 0 Å². The zero-order chi connectivity index (χ0) is 37.7. The molecule has 1 aliphatic heterocycles. The number of halogens is 2. The van der Waals surface area contributed by atoms with Gasteiger partial charge in [0.1, 0.15) is 20.2 Å². The summed E-state index contributed by atoms with van der Waals surface area (Å²) >= 11 is 3.50. The number of anilines is 1. The minimum atomic E-state index is -4.75. The monoisotopic (exact) mass is 1000 g/mol. The van der Waals surface area contributed by atoms with Crippen LogP contribution in [0.1, 0.15) is 29.9 Å². The number of nitrogens with zero attached hydrogens (tertiary/aromatic N) is 4. The molecule has 1 N–H and O–H groups in total. The van der Waals surface area contributed by atoms with Gasteiger partial charge in [-0.1, -0.05) is 30.4 Å². The topological polar surface area (TPSA) is 238 Å². The predicted molar refractivity (Wildman–Crippen MR) is 196 cm³/mol. The summed E-state index contributed by atoms with van der Waals surface area (Å²) in [5.41, 5.74) is -0.387. The van der Waals surface area contributed by atoms with Crippen molar-refractivity contribution >= 4 is 101 Å². The third-order valence-electron chi connectivity index (χ3n) is 6.55. The van der Waals surface area contributed by atoms with E-state index < -0.39 is 53.8 Å². The van der Waals surface area contributed by atoms with Crippen molar-refractivity contribution in [3.63, 3.8) is 0 Å². The molecule has 16 nitrogen and oxygen atoms in total. The van der Waals surface area contributed by atoms with Crippen molar-refractivity contribution in [1.29, 1.82) is 0 Å². The van der Waals surface area contributed by atoms with Crippen LogP contribution in [0.5, 0.6) is 5.88 Å². The maximum atomic E-state index is 13.3. The second kappa shape index (κ2) is 20.1. The van der Waals surface area contributed by atoms with E-state index in [9.17, 15) is 45.4 Å². The minimum absolute atomic E-state index is 0. The van der Waals surface area contributed by atoms with Gasteiger partial charge in [-0.3, -0.25) is 4.79 Å². The third-order valence-corrected chi connectivity index (χ3v) is 9.94. The number of aromatic nitrogens is 2. The van der Waals surface area contributed by atoms with E-state index in [0.717, 1.165) is 34.0 Å². The van der Waals surface area contributed by atoms with Crippen LogP contribution in [0.4, 0.5) is 5.69 Å². The Balaban J connectivity index is 0.00000486. The molecule has 1 amide bonds. The largest absolute Gasteiger partial charge is 1.00 e. The molecule has 0 saturated heterocycles. The fourth-order valence-corrected chi connectivity index (χ4v) is 7.20. The van der Waals surface area contributed by atoms with Crippen LogP contribution >= 0.6 is 45.2 Å². The van der Waals surface area contributed by atoms with Crippen LogP contribution < -0.4 is 64.1 Å². The van der Waals surface area contributed by atoms with Gasteiger partial charge in [0, 0.05) is 7.14 Å². The Hall–Kier alpha value is -2.23. The Morgan fingerprint density at radius 3 is 1.87 bits per heavy atom. The van der Waals surface area contributed by atoms with Gasteiger partial charge in [-0.25, -0.2) is 26.4 Å². The number of esters is 2. The Bertz CT molecular complexity index is 2310. The summed E-state index contributed by atoms with van der Waals surface area (Å²) in [6.45, 7) is 3.17. The number of carbonyl (C=O) groups is 3. The normalized spacial score (nSPS) is 14.2. The van der Waals surface area contributed by atoms with E-state index in [-0.39, 0.29) is 113 Å². The molecular formula is C31H24I2N4Na2O12S2. The van der Waals surface area contributed by atoms with Crippen molar-refractivity contribution in [2.45, 2.75) is 23.6 Å². The van der Waals surface area contributed by atoms with E-state index in [4.69, 9.17) is 9.47 Å². The van der Waals surface area contributed by atoms with Gasteiger partial charge in [-0.15, -0.1) is 0 Å². The predicted octanol–water partition coefficient (Wildman–Crippen LogP) is -2.20. The number of amides is 1. The first-order valence-electron chi connectivity index (χ1n) is 14.3. The summed E-state index contributed by atoms with van der Waals surface area (Å²) < 4.78 is 80.0. The van der Waals surface area contributed by atoms with Crippen LogP contribution in [-0.2, 0) is 39.3 Å². The molecule has 2 heterocycles. The molecule has 0 spiro atoms. The summed E-state index contributed by atoms with van der Waals surface area (Å²) in [7, 11) is -9.49. The molecule has 4 rings (SSSR count). The standard InChI is InChI=1S/C31H26I2N4O12S2.2Na/c1-3-48-30(40)26-20(28(38)36(34-26)24-14-12-18(16-22(24)32)50(42,43)44)10-8-6-5-7-9-11-21-27(31(41)49-4-2)35-37(29(21)39)25-15-13-19(17-23(25)33)51(45,46)47;;/h5-17,38H,3-4H2,1-2H3,(H,42,43,44)(H,45,46,47);;/q;2*+1/p-2/b6-5+,9-7+,10-8+,21-11-;;/i32-2,33-2;;. The molecule has 2 aromatic carbocycles. The van der Waals surface area contributed by atoms with Gasteiger partial charge >= 0.3 is 71.1 Å². The molecule has 0 aliphatic carbocycles. The number of aromatic hydroxyl groups is 1. The van der Waals surface area contributed by atoms with Gasteiger partial charge in [-0.05, 0) is 108 Å². The molecule has 0 radical (unpaired) electrons. The van der Waals surface area contributed by atoms with Gasteiger partial charge in [-0.2, -0.15) is 19.9 Å². The van der Waals surface area contributed by atoms with Crippen LogP contribution in [0.15, 0.2) is 93.3 Å². The number of hydrazone groups is 1. The van der Waals surface area contributed by atoms with Gasteiger partial charge in [0.15, 0.2) is 11.4 Å². The van der Waals surface area contributed by atoms with Crippen LogP contribution in [0, 0.1) is 7.14 Å². The van der Waals surface area contributed by atoms with E-state index in [1.165, 1.54) is 54.7 Å². The summed E-state index contributed by atoms with van der Waals surface area (Å²) in [5, 5.41) is 20.1. The Morgan fingerprint density at radius 1 is 0.830 bits per heavy atom. The molecule has 0 bridgehead atoms. The summed E-state index contributed by atoms with van der Waals surface area (Å²) in [4.78, 5) is 37.6.